The highest BCUT2D eigenvalue weighted by molar-refractivity contribution is 8.18. The third-order valence-electron chi connectivity index (χ3n) is 3.34. The van der Waals surface area contributed by atoms with Crippen molar-refractivity contribution in [1.29, 1.82) is 0 Å². The van der Waals surface area contributed by atoms with Gasteiger partial charge in [0.2, 0.25) is 0 Å². The maximum Gasteiger partial charge on any atom is 0.355 e. The highest BCUT2D eigenvalue weighted by Gasteiger charge is 2.25. The molecular weight excluding hydrogens is 358 g/mol. The van der Waals surface area contributed by atoms with Crippen LogP contribution in [0.1, 0.15) is 26.4 Å². The molecule has 1 fully saturated rings. The summed E-state index contributed by atoms with van der Waals surface area (Å²) < 4.78 is 0. The fraction of sp³-hybridized carbons (Fsp3) is 0. The number of carboxylic acids is 1. The molecule has 0 radical (unpaired) electrons. The van der Waals surface area contributed by atoms with E-state index in [9.17, 15) is 19.2 Å². The van der Waals surface area contributed by atoms with Gasteiger partial charge in [-0.05, 0) is 47.7 Å². The van der Waals surface area contributed by atoms with Crippen LogP contribution in [0.3, 0.4) is 0 Å². The summed E-state index contributed by atoms with van der Waals surface area (Å²) >= 11 is 0.791. The van der Waals surface area contributed by atoms with E-state index in [0.29, 0.717) is 11.3 Å². The number of nitrogens with one attached hydrogen (secondary N) is 2. The lowest BCUT2D eigenvalue weighted by Crippen LogP contribution is -2.18. The number of carbonyl (C=O) groups excluding carboxylic acids is 3. The van der Waals surface area contributed by atoms with Crippen molar-refractivity contribution >= 4 is 46.5 Å². The summed E-state index contributed by atoms with van der Waals surface area (Å²) in [7, 11) is 0. The molecule has 2 heterocycles. The number of carbonyl (C=O) groups is 4. The van der Waals surface area contributed by atoms with Crippen LogP contribution in [-0.2, 0) is 4.79 Å². The Morgan fingerprint density at radius 1 is 1.19 bits per heavy atom. The third-order valence-corrected chi connectivity index (χ3v) is 4.15. The molecule has 9 heteroatoms. The molecule has 1 aromatic carbocycles. The van der Waals surface area contributed by atoms with Crippen molar-refractivity contribution in [3.05, 3.63) is 64.3 Å². The zero-order chi connectivity index (χ0) is 18.7. The molecule has 0 unspecified atom stereocenters. The molecule has 26 heavy (non-hydrogen) atoms. The molecule has 1 saturated heterocycles. The van der Waals surface area contributed by atoms with Crippen LogP contribution >= 0.6 is 11.8 Å². The fourth-order valence-electron chi connectivity index (χ4n) is 2.24. The molecule has 2 aromatic rings. The first-order valence-corrected chi connectivity index (χ1v) is 8.10. The number of rotatable bonds is 4. The van der Waals surface area contributed by atoms with Gasteiger partial charge in [0.15, 0.2) is 5.69 Å². The highest BCUT2D eigenvalue weighted by Crippen LogP contribution is 2.26. The number of hydrogen-bond acceptors (Lipinski definition) is 6. The van der Waals surface area contributed by atoms with E-state index in [1.807, 2.05) is 0 Å². The van der Waals surface area contributed by atoms with E-state index in [1.165, 1.54) is 24.4 Å². The molecule has 3 rings (SSSR count). The average Bonchev–Trinajstić information content (AvgIpc) is 2.92. The van der Waals surface area contributed by atoms with Crippen molar-refractivity contribution in [3.8, 4) is 0 Å². The van der Waals surface area contributed by atoms with E-state index in [4.69, 9.17) is 5.11 Å². The monoisotopic (exact) mass is 369 g/mol. The van der Waals surface area contributed by atoms with Crippen molar-refractivity contribution in [2.45, 2.75) is 0 Å². The van der Waals surface area contributed by atoms with Crippen molar-refractivity contribution in [3.63, 3.8) is 0 Å². The van der Waals surface area contributed by atoms with Crippen LogP contribution in [0.2, 0.25) is 0 Å². The molecule has 1 aliphatic rings. The molecule has 0 spiro atoms. The van der Waals surface area contributed by atoms with Crippen LogP contribution in [0, 0.1) is 0 Å². The van der Waals surface area contributed by atoms with Gasteiger partial charge < -0.3 is 10.4 Å². The first-order chi connectivity index (χ1) is 12.4. The number of anilines is 1. The summed E-state index contributed by atoms with van der Waals surface area (Å²) in [5.74, 6) is -2.40. The van der Waals surface area contributed by atoms with Crippen LogP contribution < -0.4 is 10.6 Å². The van der Waals surface area contributed by atoms with E-state index in [1.54, 1.807) is 24.3 Å². The highest BCUT2D eigenvalue weighted by atomic mass is 32.2. The number of aromatic carboxylic acids is 1. The maximum absolute atomic E-state index is 12.3. The molecule has 3 amide bonds. The van der Waals surface area contributed by atoms with E-state index in [-0.39, 0.29) is 16.2 Å². The number of thioether (sulfide) groups is 1. The Morgan fingerprint density at radius 2 is 2.00 bits per heavy atom. The number of benzene rings is 1. The minimum absolute atomic E-state index is 0.0694. The van der Waals surface area contributed by atoms with Crippen LogP contribution in [0.4, 0.5) is 10.5 Å². The predicted octanol–water partition coefficient (Wildman–Crippen LogP) is 2.36. The maximum atomic E-state index is 12.3. The van der Waals surface area contributed by atoms with Gasteiger partial charge in [-0.1, -0.05) is 12.1 Å². The summed E-state index contributed by atoms with van der Waals surface area (Å²) in [6, 6.07) is 9.40. The molecule has 0 bridgehead atoms. The van der Waals surface area contributed by atoms with Crippen molar-refractivity contribution in [2.75, 3.05) is 5.32 Å². The summed E-state index contributed by atoms with van der Waals surface area (Å²) in [5.41, 5.74) is 0.583. The van der Waals surface area contributed by atoms with E-state index < -0.39 is 23.0 Å². The van der Waals surface area contributed by atoms with Crippen LogP contribution in [0.5, 0.6) is 0 Å². The van der Waals surface area contributed by atoms with Crippen molar-refractivity contribution < 1.29 is 24.3 Å². The second-order valence-electron chi connectivity index (χ2n) is 5.14. The first-order valence-electron chi connectivity index (χ1n) is 7.28. The molecule has 1 aromatic heterocycles. The van der Waals surface area contributed by atoms with Gasteiger partial charge in [0.25, 0.3) is 17.1 Å². The average molecular weight is 369 g/mol. The number of pyridine rings is 1. The fourth-order valence-corrected chi connectivity index (χ4v) is 2.92. The summed E-state index contributed by atoms with van der Waals surface area (Å²) in [5, 5.41) is 13.4. The lowest BCUT2D eigenvalue weighted by molar-refractivity contribution is -0.115. The van der Waals surface area contributed by atoms with Gasteiger partial charge in [-0.2, -0.15) is 0 Å². The summed E-state index contributed by atoms with van der Waals surface area (Å²) in [6.07, 6.45) is 2.81. The smallest absolute Gasteiger partial charge is 0.355 e. The van der Waals surface area contributed by atoms with E-state index >= 15 is 0 Å². The van der Waals surface area contributed by atoms with Crippen LogP contribution in [0.15, 0.2) is 47.5 Å². The Kier molecular flexibility index (Phi) is 4.81. The van der Waals surface area contributed by atoms with Gasteiger partial charge in [-0.25, -0.2) is 9.78 Å². The molecule has 8 nitrogen and oxygen atoms in total. The van der Waals surface area contributed by atoms with Gasteiger partial charge in [0, 0.05) is 11.9 Å². The second kappa shape index (κ2) is 7.19. The lowest BCUT2D eigenvalue weighted by atomic mass is 10.1. The minimum atomic E-state index is -1.30. The van der Waals surface area contributed by atoms with Crippen molar-refractivity contribution in [2.24, 2.45) is 0 Å². The Morgan fingerprint density at radius 3 is 2.69 bits per heavy atom. The lowest BCUT2D eigenvalue weighted by Gasteiger charge is -2.08. The molecular formula is C17H11N3O5S. The van der Waals surface area contributed by atoms with E-state index in [2.05, 4.69) is 15.6 Å². The minimum Gasteiger partial charge on any atom is -0.476 e. The van der Waals surface area contributed by atoms with Gasteiger partial charge in [0.1, 0.15) is 0 Å². The third kappa shape index (κ3) is 3.78. The van der Waals surface area contributed by atoms with Crippen LogP contribution in [0.25, 0.3) is 6.08 Å². The van der Waals surface area contributed by atoms with Crippen molar-refractivity contribution in [1.82, 2.24) is 10.3 Å². The Hall–Kier alpha value is -3.46. The molecule has 0 atom stereocenters. The molecule has 3 N–H and O–H groups in total. The zero-order valence-corrected chi connectivity index (χ0v) is 13.9. The van der Waals surface area contributed by atoms with Gasteiger partial charge in [0.05, 0.1) is 10.5 Å². The van der Waals surface area contributed by atoms with Gasteiger partial charge in [-0.3, -0.25) is 19.7 Å². The van der Waals surface area contributed by atoms with Crippen LogP contribution in [-0.4, -0.2) is 33.1 Å². The summed E-state index contributed by atoms with van der Waals surface area (Å²) in [6.45, 7) is 0. The molecule has 0 saturated carbocycles. The number of nitrogens with zero attached hydrogens (tertiary/aromatic N) is 1. The Labute approximate surface area is 151 Å². The standard InChI is InChI=1S/C17H11N3O5S/c21-14(11-5-2-6-18-13(11)16(23)24)19-10-4-1-3-9(7-10)8-12-15(22)20-17(25)26-12/h1-8H,(H,19,21)(H,23,24)(H,20,22,25). The zero-order valence-electron chi connectivity index (χ0n) is 13.1. The number of carboxylic acid groups (broad SMARTS) is 1. The number of hydrogen-bond donors (Lipinski definition) is 3. The molecule has 0 aliphatic carbocycles. The Balaban J connectivity index is 1.83. The molecule has 130 valence electrons. The van der Waals surface area contributed by atoms with Gasteiger partial charge >= 0.3 is 5.97 Å². The SMILES string of the molecule is O=C1NC(=O)C(=Cc2cccc(NC(=O)c3cccnc3C(=O)O)c2)S1. The number of aromatic nitrogens is 1. The Bertz CT molecular complexity index is 970. The topological polar surface area (TPSA) is 125 Å². The van der Waals surface area contributed by atoms with E-state index in [0.717, 1.165) is 11.8 Å². The number of imide groups is 1. The first kappa shape index (κ1) is 17.4. The number of amides is 3. The van der Waals surface area contributed by atoms with Gasteiger partial charge in [-0.15, -0.1) is 0 Å². The second-order valence-corrected chi connectivity index (χ2v) is 6.15. The summed E-state index contributed by atoms with van der Waals surface area (Å²) in [4.78, 5) is 50.2. The largest absolute Gasteiger partial charge is 0.476 e. The molecule has 1 aliphatic heterocycles. The normalized spacial score (nSPS) is 15.0. The quantitative estimate of drug-likeness (QED) is 0.706. The predicted molar refractivity (Wildman–Crippen MR) is 94.7 cm³/mol.